The van der Waals surface area contributed by atoms with Crippen LogP contribution in [0.5, 0.6) is 5.75 Å². The van der Waals surface area contributed by atoms with Crippen LogP contribution >= 0.6 is 23.2 Å². The van der Waals surface area contributed by atoms with E-state index >= 15 is 0 Å². The molecule has 0 aliphatic heterocycles. The van der Waals surface area contributed by atoms with Crippen molar-refractivity contribution in [3.63, 3.8) is 0 Å². The third-order valence-corrected chi connectivity index (χ3v) is 3.93. The van der Waals surface area contributed by atoms with Gasteiger partial charge in [0.05, 0.1) is 10.7 Å². The molecule has 0 fully saturated rings. The number of nitrogens with zero attached hydrogens (tertiary/aromatic N) is 2. The summed E-state index contributed by atoms with van der Waals surface area (Å²) < 4.78 is 0. The Labute approximate surface area is 140 Å². The summed E-state index contributed by atoms with van der Waals surface area (Å²) in [5, 5.41) is 11.2. The van der Waals surface area contributed by atoms with Gasteiger partial charge in [-0.15, -0.1) is 0 Å². The topological polar surface area (TPSA) is 35.8 Å². The zero-order valence-corrected chi connectivity index (χ0v) is 14.1. The van der Waals surface area contributed by atoms with Crippen molar-refractivity contribution in [2.45, 2.75) is 13.8 Å². The molecule has 0 bridgehead atoms. The monoisotopic (exact) mass is 336 g/mol. The van der Waals surface area contributed by atoms with Crippen LogP contribution in [0.3, 0.4) is 0 Å². The Hall–Kier alpha value is -1.71. The summed E-state index contributed by atoms with van der Waals surface area (Å²) in [4.78, 5) is 6.47. The summed E-state index contributed by atoms with van der Waals surface area (Å²) in [6, 6.07) is 10.7. The standard InChI is InChI=1S/C17H18Cl2N2O/c1-3-21(4-2)14-7-5-12(17(22)10-14)11-20-16-8-6-13(18)9-15(16)19/h5-11,22H,3-4H2,1-2H3. The molecular weight excluding hydrogens is 319 g/mol. The fourth-order valence-electron chi connectivity index (χ4n) is 2.15. The van der Waals surface area contributed by atoms with E-state index in [1.54, 1.807) is 30.5 Å². The van der Waals surface area contributed by atoms with Crippen molar-refractivity contribution in [2.75, 3.05) is 18.0 Å². The Balaban J connectivity index is 2.24. The molecule has 22 heavy (non-hydrogen) atoms. The van der Waals surface area contributed by atoms with Gasteiger partial charge in [0.2, 0.25) is 0 Å². The molecule has 3 nitrogen and oxygen atoms in total. The molecule has 0 radical (unpaired) electrons. The lowest BCUT2D eigenvalue weighted by Crippen LogP contribution is -2.21. The van der Waals surface area contributed by atoms with Crippen molar-refractivity contribution in [3.8, 4) is 5.75 Å². The first kappa shape index (κ1) is 16.7. The minimum atomic E-state index is 0.193. The average molecular weight is 337 g/mol. The van der Waals surface area contributed by atoms with Gasteiger partial charge in [0, 0.05) is 41.6 Å². The highest BCUT2D eigenvalue weighted by Gasteiger charge is 2.06. The normalized spacial score (nSPS) is 11.1. The molecule has 0 amide bonds. The first-order chi connectivity index (χ1) is 10.5. The smallest absolute Gasteiger partial charge is 0.126 e. The second kappa shape index (κ2) is 7.52. The summed E-state index contributed by atoms with van der Waals surface area (Å²) in [6.07, 6.45) is 1.59. The molecule has 0 spiro atoms. The van der Waals surface area contributed by atoms with Crippen LogP contribution in [0.4, 0.5) is 11.4 Å². The van der Waals surface area contributed by atoms with Crippen LogP contribution < -0.4 is 4.90 Å². The number of hydrogen-bond acceptors (Lipinski definition) is 3. The van der Waals surface area contributed by atoms with Crippen molar-refractivity contribution in [1.82, 2.24) is 0 Å². The Morgan fingerprint density at radius 2 is 1.82 bits per heavy atom. The van der Waals surface area contributed by atoms with Crippen LogP contribution in [0.25, 0.3) is 0 Å². The van der Waals surface area contributed by atoms with Crippen molar-refractivity contribution >= 4 is 40.8 Å². The van der Waals surface area contributed by atoms with E-state index in [2.05, 4.69) is 23.7 Å². The van der Waals surface area contributed by atoms with E-state index in [-0.39, 0.29) is 5.75 Å². The predicted octanol–water partition coefficient (Wildman–Crippen LogP) is 5.30. The lowest BCUT2D eigenvalue weighted by molar-refractivity contribution is 0.474. The van der Waals surface area contributed by atoms with Gasteiger partial charge in [0.15, 0.2) is 0 Å². The van der Waals surface area contributed by atoms with Gasteiger partial charge in [-0.05, 0) is 44.2 Å². The van der Waals surface area contributed by atoms with Gasteiger partial charge in [0.25, 0.3) is 0 Å². The summed E-state index contributed by atoms with van der Waals surface area (Å²) in [6.45, 7) is 5.95. The molecule has 2 rings (SSSR count). The Kier molecular flexibility index (Phi) is 5.69. The van der Waals surface area contributed by atoms with Gasteiger partial charge in [-0.3, -0.25) is 4.99 Å². The van der Waals surface area contributed by atoms with Gasteiger partial charge in [-0.25, -0.2) is 0 Å². The zero-order chi connectivity index (χ0) is 16.1. The second-order valence-corrected chi connectivity index (χ2v) is 5.61. The molecule has 0 aliphatic rings. The molecule has 0 atom stereocenters. The third-order valence-electron chi connectivity index (χ3n) is 3.40. The highest BCUT2D eigenvalue weighted by Crippen LogP contribution is 2.29. The van der Waals surface area contributed by atoms with Gasteiger partial charge in [-0.1, -0.05) is 23.2 Å². The van der Waals surface area contributed by atoms with E-state index in [0.717, 1.165) is 18.8 Å². The molecule has 1 N–H and O–H groups in total. The number of benzene rings is 2. The molecule has 0 heterocycles. The number of phenolic OH excluding ortho intramolecular Hbond substituents is 1. The summed E-state index contributed by atoms with van der Waals surface area (Å²) in [5.74, 6) is 0.193. The fraction of sp³-hybridized carbons (Fsp3) is 0.235. The number of aromatic hydroxyl groups is 1. The molecular formula is C17H18Cl2N2O. The number of phenols is 1. The van der Waals surface area contributed by atoms with Crippen molar-refractivity contribution in [1.29, 1.82) is 0 Å². The first-order valence-corrected chi connectivity index (χ1v) is 7.87. The number of anilines is 1. The van der Waals surface area contributed by atoms with E-state index in [1.807, 2.05) is 12.1 Å². The first-order valence-electron chi connectivity index (χ1n) is 7.12. The highest BCUT2D eigenvalue weighted by molar-refractivity contribution is 6.36. The SMILES string of the molecule is CCN(CC)c1ccc(C=Nc2ccc(Cl)cc2Cl)c(O)c1. The molecule has 0 aliphatic carbocycles. The van der Waals surface area contributed by atoms with Gasteiger partial charge in [-0.2, -0.15) is 0 Å². The maximum atomic E-state index is 10.2. The maximum Gasteiger partial charge on any atom is 0.126 e. The summed E-state index contributed by atoms with van der Waals surface area (Å²) in [7, 11) is 0. The van der Waals surface area contributed by atoms with E-state index < -0.39 is 0 Å². The number of rotatable bonds is 5. The second-order valence-electron chi connectivity index (χ2n) is 4.77. The molecule has 0 aromatic heterocycles. The number of hydrogen-bond donors (Lipinski definition) is 1. The summed E-state index contributed by atoms with van der Waals surface area (Å²) >= 11 is 11.9. The van der Waals surface area contributed by atoms with Crippen molar-refractivity contribution in [3.05, 3.63) is 52.0 Å². The van der Waals surface area contributed by atoms with E-state index in [0.29, 0.717) is 21.3 Å². The van der Waals surface area contributed by atoms with Crippen LogP contribution in [-0.4, -0.2) is 24.4 Å². The van der Waals surface area contributed by atoms with E-state index in [4.69, 9.17) is 23.2 Å². The Morgan fingerprint density at radius 3 is 2.41 bits per heavy atom. The van der Waals surface area contributed by atoms with Crippen LogP contribution in [0, 0.1) is 0 Å². The fourth-order valence-corrected chi connectivity index (χ4v) is 2.61. The molecule has 5 heteroatoms. The minimum Gasteiger partial charge on any atom is -0.507 e. The van der Waals surface area contributed by atoms with Gasteiger partial charge < -0.3 is 10.0 Å². The lowest BCUT2D eigenvalue weighted by atomic mass is 10.2. The quantitative estimate of drug-likeness (QED) is 0.752. The van der Waals surface area contributed by atoms with Crippen LogP contribution in [0.1, 0.15) is 19.4 Å². The molecule has 0 saturated heterocycles. The molecule has 2 aromatic rings. The van der Waals surface area contributed by atoms with E-state index in [9.17, 15) is 5.11 Å². The predicted molar refractivity (Wildman–Crippen MR) is 95.4 cm³/mol. The highest BCUT2D eigenvalue weighted by atomic mass is 35.5. The number of aliphatic imine (C=N–C) groups is 1. The lowest BCUT2D eigenvalue weighted by Gasteiger charge is -2.21. The van der Waals surface area contributed by atoms with Crippen LogP contribution in [0.15, 0.2) is 41.4 Å². The third kappa shape index (κ3) is 3.93. The Bertz CT molecular complexity index is 682. The minimum absolute atomic E-state index is 0.193. The van der Waals surface area contributed by atoms with Crippen LogP contribution in [0.2, 0.25) is 10.0 Å². The molecule has 2 aromatic carbocycles. The molecule has 0 unspecified atom stereocenters. The van der Waals surface area contributed by atoms with E-state index in [1.165, 1.54) is 0 Å². The maximum absolute atomic E-state index is 10.2. The number of halogens is 2. The van der Waals surface area contributed by atoms with Crippen LogP contribution in [-0.2, 0) is 0 Å². The largest absolute Gasteiger partial charge is 0.507 e. The average Bonchev–Trinajstić information content (AvgIpc) is 2.49. The van der Waals surface area contributed by atoms with Gasteiger partial charge >= 0.3 is 0 Å². The zero-order valence-electron chi connectivity index (χ0n) is 12.6. The Morgan fingerprint density at radius 1 is 1.09 bits per heavy atom. The molecule has 116 valence electrons. The molecule has 0 saturated carbocycles. The summed E-state index contributed by atoms with van der Waals surface area (Å²) in [5.41, 5.74) is 2.24. The van der Waals surface area contributed by atoms with Crippen molar-refractivity contribution in [2.24, 2.45) is 4.99 Å². The van der Waals surface area contributed by atoms with Gasteiger partial charge in [0.1, 0.15) is 5.75 Å². The van der Waals surface area contributed by atoms with Crippen molar-refractivity contribution < 1.29 is 5.11 Å².